The molecule has 2 atom stereocenters. The van der Waals surface area contributed by atoms with Gasteiger partial charge < -0.3 is 9.64 Å². The Bertz CT molecular complexity index is 419. The smallest absolute Gasteiger partial charge is 0.311 e. The van der Waals surface area contributed by atoms with Gasteiger partial charge in [0.05, 0.1) is 19.2 Å². The topological polar surface area (TPSA) is 42.4 Å². The first kappa shape index (κ1) is 13.3. The normalized spacial score (nSPS) is 24.1. The molecule has 2 heterocycles. The lowest BCUT2D eigenvalue weighted by atomic mass is 9.93. The Hall–Kier alpha value is -1.10. The van der Waals surface area contributed by atoms with Crippen LogP contribution in [-0.2, 0) is 16.0 Å². The molecule has 0 aliphatic carbocycles. The molecule has 100 valence electrons. The second kappa shape index (κ2) is 5.69. The quantitative estimate of drug-likeness (QED) is 0.790. The van der Waals surface area contributed by atoms with Crippen LogP contribution in [0.1, 0.15) is 32.4 Å². The zero-order valence-electron chi connectivity index (χ0n) is 11.2. The molecular formula is C13H20N2O2S. The number of hydrogen-bond acceptors (Lipinski definition) is 5. The van der Waals surface area contributed by atoms with Crippen LogP contribution in [0.3, 0.4) is 0 Å². The molecule has 1 aromatic heterocycles. The Morgan fingerprint density at radius 2 is 2.39 bits per heavy atom. The first-order valence-electron chi connectivity index (χ1n) is 6.39. The highest BCUT2D eigenvalue weighted by Crippen LogP contribution is 2.30. The monoisotopic (exact) mass is 268 g/mol. The van der Waals surface area contributed by atoms with Crippen molar-refractivity contribution in [2.75, 3.05) is 18.6 Å². The summed E-state index contributed by atoms with van der Waals surface area (Å²) >= 11 is 1.62. The summed E-state index contributed by atoms with van der Waals surface area (Å²) in [4.78, 5) is 18.1. The van der Waals surface area contributed by atoms with Gasteiger partial charge in [-0.25, -0.2) is 4.98 Å². The first-order chi connectivity index (χ1) is 8.61. The van der Waals surface area contributed by atoms with E-state index in [4.69, 9.17) is 0 Å². The van der Waals surface area contributed by atoms with Crippen molar-refractivity contribution >= 4 is 22.4 Å². The van der Waals surface area contributed by atoms with Gasteiger partial charge in [0.2, 0.25) is 0 Å². The maximum Gasteiger partial charge on any atom is 0.311 e. The van der Waals surface area contributed by atoms with Gasteiger partial charge in [0.15, 0.2) is 5.13 Å². The molecule has 0 radical (unpaired) electrons. The summed E-state index contributed by atoms with van der Waals surface area (Å²) in [7, 11) is 1.41. The van der Waals surface area contributed by atoms with Crippen LogP contribution >= 0.6 is 11.3 Å². The van der Waals surface area contributed by atoms with Gasteiger partial charge in [-0.2, -0.15) is 0 Å². The van der Waals surface area contributed by atoms with E-state index in [2.05, 4.69) is 28.5 Å². The number of thiazole rings is 1. The van der Waals surface area contributed by atoms with Gasteiger partial charge >= 0.3 is 5.97 Å². The zero-order chi connectivity index (χ0) is 13.1. The predicted octanol–water partition coefficient (Wildman–Crippen LogP) is 2.48. The first-order valence-corrected chi connectivity index (χ1v) is 7.27. The molecular weight excluding hydrogens is 248 g/mol. The Kier molecular flexibility index (Phi) is 4.22. The third kappa shape index (κ3) is 2.83. The van der Waals surface area contributed by atoms with E-state index in [-0.39, 0.29) is 12.4 Å². The largest absolute Gasteiger partial charge is 0.469 e. The van der Waals surface area contributed by atoms with Crippen molar-refractivity contribution in [1.29, 1.82) is 0 Å². The summed E-state index contributed by atoms with van der Waals surface area (Å²) in [6.45, 7) is 5.61. The molecule has 0 amide bonds. The molecule has 0 spiro atoms. The van der Waals surface area contributed by atoms with Crippen molar-refractivity contribution < 1.29 is 9.53 Å². The Morgan fingerprint density at radius 3 is 3.11 bits per heavy atom. The van der Waals surface area contributed by atoms with E-state index in [1.165, 1.54) is 20.0 Å². The van der Waals surface area contributed by atoms with Crippen LogP contribution in [0.5, 0.6) is 0 Å². The molecule has 2 rings (SSSR count). The number of rotatable bonds is 3. The molecule has 0 bridgehead atoms. The molecule has 1 aromatic rings. The fourth-order valence-electron chi connectivity index (χ4n) is 2.33. The zero-order valence-corrected chi connectivity index (χ0v) is 12.0. The summed E-state index contributed by atoms with van der Waals surface area (Å²) in [6.07, 6.45) is 2.78. The molecule has 0 N–H and O–H groups in total. The van der Waals surface area contributed by atoms with Gasteiger partial charge in [-0.3, -0.25) is 4.79 Å². The Balaban J connectivity index is 2.07. The van der Waals surface area contributed by atoms with Crippen molar-refractivity contribution in [3.05, 3.63) is 11.1 Å². The number of anilines is 1. The van der Waals surface area contributed by atoms with Crippen molar-refractivity contribution in [1.82, 2.24) is 4.98 Å². The lowest BCUT2D eigenvalue weighted by molar-refractivity contribution is -0.139. The van der Waals surface area contributed by atoms with Gasteiger partial charge in [0, 0.05) is 18.0 Å². The van der Waals surface area contributed by atoms with Crippen LogP contribution < -0.4 is 4.90 Å². The van der Waals surface area contributed by atoms with E-state index in [1.807, 2.05) is 5.38 Å². The standard InChI is InChI=1S/C13H20N2O2S/c1-9-5-4-6-15(10(9)2)13-14-11(8-18-13)7-12(16)17-3/h8-10H,4-7H2,1-3H3. The van der Waals surface area contributed by atoms with Crippen molar-refractivity contribution in [2.24, 2.45) is 5.92 Å². The molecule has 0 aromatic carbocycles. The van der Waals surface area contributed by atoms with E-state index >= 15 is 0 Å². The Morgan fingerprint density at radius 1 is 1.61 bits per heavy atom. The maximum atomic E-state index is 11.2. The van der Waals surface area contributed by atoms with E-state index < -0.39 is 0 Å². The van der Waals surface area contributed by atoms with Crippen LogP contribution in [0.4, 0.5) is 5.13 Å². The van der Waals surface area contributed by atoms with Gasteiger partial charge in [-0.1, -0.05) is 6.92 Å². The molecule has 1 aliphatic heterocycles. The number of carbonyl (C=O) groups is 1. The molecule has 18 heavy (non-hydrogen) atoms. The molecule has 0 saturated carbocycles. The summed E-state index contributed by atoms with van der Waals surface area (Å²) in [5.41, 5.74) is 0.812. The van der Waals surface area contributed by atoms with Crippen LogP contribution in [0.25, 0.3) is 0 Å². The highest BCUT2D eigenvalue weighted by Gasteiger charge is 2.26. The third-order valence-electron chi connectivity index (χ3n) is 3.71. The second-order valence-corrected chi connectivity index (χ2v) is 5.76. The number of piperidine rings is 1. The van der Waals surface area contributed by atoms with Crippen LogP contribution in [-0.4, -0.2) is 30.6 Å². The second-order valence-electron chi connectivity index (χ2n) is 4.93. The number of aromatic nitrogens is 1. The van der Waals surface area contributed by atoms with Crippen molar-refractivity contribution in [3.63, 3.8) is 0 Å². The fraction of sp³-hybridized carbons (Fsp3) is 0.692. The summed E-state index contributed by atoms with van der Waals surface area (Å²) < 4.78 is 4.66. The number of nitrogens with zero attached hydrogens (tertiary/aromatic N) is 2. The van der Waals surface area contributed by atoms with E-state index in [9.17, 15) is 4.79 Å². The molecule has 2 unspecified atom stereocenters. The number of hydrogen-bond donors (Lipinski definition) is 0. The Labute approximate surface area is 112 Å². The van der Waals surface area contributed by atoms with Gasteiger partial charge in [-0.15, -0.1) is 11.3 Å². The lowest BCUT2D eigenvalue weighted by Gasteiger charge is -2.37. The summed E-state index contributed by atoms with van der Waals surface area (Å²) in [5, 5.41) is 2.99. The third-order valence-corrected chi connectivity index (χ3v) is 4.64. The number of methoxy groups -OCH3 is 1. The van der Waals surface area contributed by atoms with E-state index in [1.54, 1.807) is 11.3 Å². The van der Waals surface area contributed by atoms with Crippen LogP contribution in [0.2, 0.25) is 0 Å². The molecule has 1 aliphatic rings. The molecule has 5 heteroatoms. The minimum Gasteiger partial charge on any atom is -0.469 e. The average molecular weight is 268 g/mol. The molecule has 4 nitrogen and oxygen atoms in total. The van der Waals surface area contributed by atoms with Gasteiger partial charge in [0.25, 0.3) is 0 Å². The molecule has 1 fully saturated rings. The number of ether oxygens (including phenoxy) is 1. The van der Waals surface area contributed by atoms with Gasteiger partial charge in [-0.05, 0) is 25.7 Å². The minimum atomic E-state index is -0.230. The maximum absolute atomic E-state index is 11.2. The van der Waals surface area contributed by atoms with Crippen LogP contribution in [0, 0.1) is 5.92 Å². The fourth-order valence-corrected chi connectivity index (χ4v) is 3.28. The summed E-state index contributed by atoms with van der Waals surface area (Å²) in [5.74, 6) is 0.471. The lowest BCUT2D eigenvalue weighted by Crippen LogP contribution is -2.42. The van der Waals surface area contributed by atoms with Crippen molar-refractivity contribution in [3.8, 4) is 0 Å². The summed E-state index contributed by atoms with van der Waals surface area (Å²) in [6, 6.07) is 0.524. The predicted molar refractivity (Wildman–Crippen MR) is 73.0 cm³/mol. The SMILES string of the molecule is COC(=O)Cc1csc(N2CCCC(C)C2C)n1. The van der Waals surface area contributed by atoms with Gasteiger partial charge in [0.1, 0.15) is 0 Å². The highest BCUT2D eigenvalue weighted by atomic mass is 32.1. The van der Waals surface area contributed by atoms with E-state index in [0.717, 1.165) is 17.4 Å². The van der Waals surface area contributed by atoms with Crippen LogP contribution in [0.15, 0.2) is 5.38 Å². The average Bonchev–Trinajstić information content (AvgIpc) is 2.80. The van der Waals surface area contributed by atoms with Crippen molar-refractivity contribution in [2.45, 2.75) is 39.2 Å². The number of esters is 1. The molecule has 1 saturated heterocycles. The number of carbonyl (C=O) groups excluding carboxylic acids is 1. The minimum absolute atomic E-state index is 0.230. The van der Waals surface area contributed by atoms with E-state index in [0.29, 0.717) is 12.0 Å². The highest BCUT2D eigenvalue weighted by molar-refractivity contribution is 7.13.